The predicted molar refractivity (Wildman–Crippen MR) is 85.5 cm³/mol. The van der Waals surface area contributed by atoms with E-state index in [2.05, 4.69) is 21.2 Å². The van der Waals surface area contributed by atoms with E-state index in [1.807, 2.05) is 0 Å². The predicted octanol–water partition coefficient (Wildman–Crippen LogP) is 3.90. The normalized spacial score (nSPS) is 24.0. The molecule has 0 spiro atoms. The third-order valence-electron chi connectivity index (χ3n) is 3.47. The third-order valence-corrected chi connectivity index (χ3v) is 5.10. The van der Waals surface area contributed by atoms with Crippen LogP contribution in [-0.4, -0.2) is 22.3 Å². The van der Waals surface area contributed by atoms with Gasteiger partial charge in [0, 0.05) is 16.6 Å². The second kappa shape index (κ2) is 5.78. The van der Waals surface area contributed by atoms with Crippen LogP contribution in [-0.2, 0) is 14.3 Å². The number of carbonyl (C=O) groups excluding carboxylic acids is 2. The molecule has 2 atom stereocenters. The minimum absolute atomic E-state index is 0.322. The number of nitrogens with one attached hydrogen (secondary N) is 1. The van der Waals surface area contributed by atoms with Gasteiger partial charge in [-0.3, -0.25) is 9.59 Å². The number of ether oxygens (including phenoxy) is 1. The van der Waals surface area contributed by atoms with Crippen molar-refractivity contribution < 1.29 is 14.3 Å². The lowest BCUT2D eigenvalue weighted by molar-refractivity contribution is -0.158. The van der Waals surface area contributed by atoms with Crippen LogP contribution in [0.2, 0.25) is 0 Å². The van der Waals surface area contributed by atoms with E-state index in [1.54, 1.807) is 31.2 Å². The van der Waals surface area contributed by atoms with Crippen LogP contribution in [0.5, 0.6) is 0 Å². The van der Waals surface area contributed by atoms with Crippen LogP contribution < -0.4 is 5.32 Å². The number of rotatable bonds is 4. The van der Waals surface area contributed by atoms with E-state index < -0.39 is 27.7 Å². The summed E-state index contributed by atoms with van der Waals surface area (Å²) >= 11 is 15.1. The molecule has 0 aliphatic heterocycles. The quantitative estimate of drug-likeness (QED) is 0.622. The molecule has 1 fully saturated rings. The summed E-state index contributed by atoms with van der Waals surface area (Å²) in [5.41, 5.74) is -0.324. The molecule has 1 amide bonds. The second-order valence-corrected chi connectivity index (χ2v) is 7.66. The highest BCUT2D eigenvalue weighted by Crippen LogP contribution is 2.64. The number of anilines is 1. The highest BCUT2D eigenvalue weighted by Gasteiger charge is 2.69. The van der Waals surface area contributed by atoms with E-state index in [9.17, 15) is 9.59 Å². The van der Waals surface area contributed by atoms with Crippen molar-refractivity contribution in [2.45, 2.75) is 30.7 Å². The fourth-order valence-electron chi connectivity index (χ4n) is 1.74. The van der Waals surface area contributed by atoms with E-state index in [1.165, 1.54) is 6.92 Å². The Morgan fingerprint density at radius 3 is 2.33 bits per heavy atom. The molecule has 0 bridgehead atoms. The van der Waals surface area contributed by atoms with Gasteiger partial charge < -0.3 is 10.1 Å². The molecule has 0 radical (unpaired) electrons. The maximum Gasteiger partial charge on any atom is 0.315 e. The zero-order chi connectivity index (χ0) is 15.8. The van der Waals surface area contributed by atoms with Crippen molar-refractivity contribution >= 4 is 56.7 Å². The first kappa shape index (κ1) is 16.6. The third kappa shape index (κ3) is 3.52. The van der Waals surface area contributed by atoms with Gasteiger partial charge in [-0.05, 0) is 38.1 Å². The smallest absolute Gasteiger partial charge is 0.315 e. The molecule has 0 heterocycles. The monoisotopic (exact) mass is 393 g/mol. The highest BCUT2D eigenvalue weighted by atomic mass is 79.9. The van der Waals surface area contributed by atoms with Crippen LogP contribution in [0.25, 0.3) is 0 Å². The number of hydrogen-bond donors (Lipinski definition) is 1. The Balaban J connectivity index is 1.91. The maximum atomic E-state index is 12.0. The van der Waals surface area contributed by atoms with Crippen LogP contribution in [0.3, 0.4) is 0 Å². The number of carbonyl (C=O) groups is 2. The SMILES string of the molecule is C[C@H](OC(=O)[C@@]1(C)CC1(Cl)Cl)C(=O)Nc1ccc(Br)cc1. The average molecular weight is 395 g/mol. The van der Waals surface area contributed by atoms with Gasteiger partial charge in [-0.2, -0.15) is 0 Å². The van der Waals surface area contributed by atoms with Crippen LogP contribution in [0.4, 0.5) is 5.69 Å². The molecule has 1 aliphatic carbocycles. The van der Waals surface area contributed by atoms with E-state index in [0.29, 0.717) is 12.1 Å². The molecule has 1 aromatic rings. The van der Waals surface area contributed by atoms with Crippen molar-refractivity contribution in [1.82, 2.24) is 0 Å². The highest BCUT2D eigenvalue weighted by molar-refractivity contribution is 9.10. The summed E-state index contributed by atoms with van der Waals surface area (Å²) in [7, 11) is 0. The average Bonchev–Trinajstić information content (AvgIpc) is 2.92. The summed E-state index contributed by atoms with van der Waals surface area (Å²) in [6.45, 7) is 3.12. The van der Waals surface area contributed by atoms with Gasteiger partial charge in [0.2, 0.25) is 0 Å². The summed E-state index contributed by atoms with van der Waals surface area (Å²) in [4.78, 5) is 24.0. The van der Waals surface area contributed by atoms with E-state index >= 15 is 0 Å². The summed E-state index contributed by atoms with van der Waals surface area (Å²) in [6.07, 6.45) is -0.606. The van der Waals surface area contributed by atoms with Crippen LogP contribution in [0.1, 0.15) is 20.3 Å². The van der Waals surface area contributed by atoms with Gasteiger partial charge in [0.1, 0.15) is 9.75 Å². The first-order chi connectivity index (χ1) is 9.65. The molecule has 114 valence electrons. The topological polar surface area (TPSA) is 55.4 Å². The molecule has 1 aromatic carbocycles. The number of amides is 1. The van der Waals surface area contributed by atoms with Crippen LogP contribution >= 0.6 is 39.1 Å². The fourth-order valence-corrected chi connectivity index (χ4v) is 2.70. The number of benzene rings is 1. The molecule has 0 aromatic heterocycles. The van der Waals surface area contributed by atoms with Gasteiger partial charge in [0.25, 0.3) is 5.91 Å². The van der Waals surface area contributed by atoms with E-state index in [4.69, 9.17) is 27.9 Å². The molecule has 2 rings (SSSR count). The van der Waals surface area contributed by atoms with Gasteiger partial charge in [-0.1, -0.05) is 15.9 Å². The number of esters is 1. The first-order valence-corrected chi connectivity index (χ1v) is 7.86. The molecule has 1 aliphatic rings. The summed E-state index contributed by atoms with van der Waals surface area (Å²) in [6, 6.07) is 7.07. The standard InChI is InChI=1S/C14H14BrCl2NO3/c1-8(21-12(20)13(2)7-14(13,16)17)11(19)18-10-5-3-9(15)4-6-10/h3-6,8H,7H2,1-2H3,(H,18,19)/t8-,13+/m0/s1. The largest absolute Gasteiger partial charge is 0.452 e. The zero-order valence-corrected chi connectivity index (χ0v) is 14.6. The Kier molecular flexibility index (Phi) is 4.57. The minimum Gasteiger partial charge on any atom is -0.452 e. The second-order valence-electron chi connectivity index (χ2n) is 5.26. The Morgan fingerprint density at radius 2 is 1.86 bits per heavy atom. The van der Waals surface area contributed by atoms with E-state index in [0.717, 1.165) is 4.47 Å². The van der Waals surface area contributed by atoms with Gasteiger partial charge in [0.15, 0.2) is 6.10 Å². The zero-order valence-electron chi connectivity index (χ0n) is 11.5. The van der Waals surface area contributed by atoms with Gasteiger partial charge in [0.05, 0.1) is 0 Å². The summed E-state index contributed by atoms with van der Waals surface area (Å²) in [5, 5.41) is 2.66. The Morgan fingerprint density at radius 1 is 1.33 bits per heavy atom. The molecule has 0 unspecified atom stereocenters. The van der Waals surface area contributed by atoms with Gasteiger partial charge in [-0.25, -0.2) is 0 Å². The molecular formula is C14H14BrCl2NO3. The van der Waals surface area contributed by atoms with Crippen molar-refractivity contribution in [2.75, 3.05) is 5.32 Å². The summed E-state index contributed by atoms with van der Waals surface area (Å²) < 4.78 is 4.94. The Labute approximate surface area is 141 Å². The number of hydrogen-bond acceptors (Lipinski definition) is 3. The van der Waals surface area contributed by atoms with Crippen LogP contribution in [0, 0.1) is 5.41 Å². The molecule has 7 heteroatoms. The maximum absolute atomic E-state index is 12.0. The van der Waals surface area contributed by atoms with Crippen molar-refractivity contribution in [3.05, 3.63) is 28.7 Å². The molecule has 1 N–H and O–H groups in total. The van der Waals surface area contributed by atoms with Crippen molar-refractivity contribution in [2.24, 2.45) is 5.41 Å². The lowest BCUT2D eigenvalue weighted by atomic mass is 10.1. The molecule has 21 heavy (non-hydrogen) atoms. The molecular weight excluding hydrogens is 381 g/mol. The Hall–Kier alpha value is -0.780. The van der Waals surface area contributed by atoms with Crippen molar-refractivity contribution in [3.8, 4) is 0 Å². The van der Waals surface area contributed by atoms with E-state index in [-0.39, 0.29) is 0 Å². The Bertz CT molecular complexity index is 576. The molecule has 0 saturated heterocycles. The molecule has 1 saturated carbocycles. The van der Waals surface area contributed by atoms with Crippen LogP contribution in [0.15, 0.2) is 28.7 Å². The first-order valence-electron chi connectivity index (χ1n) is 6.31. The molecule has 4 nitrogen and oxygen atoms in total. The summed E-state index contributed by atoms with van der Waals surface area (Å²) in [5.74, 6) is -0.976. The lowest BCUT2D eigenvalue weighted by Gasteiger charge is -2.17. The van der Waals surface area contributed by atoms with Gasteiger partial charge >= 0.3 is 5.97 Å². The lowest BCUT2D eigenvalue weighted by Crippen LogP contribution is -2.33. The van der Waals surface area contributed by atoms with Crippen molar-refractivity contribution in [1.29, 1.82) is 0 Å². The number of halogens is 3. The van der Waals surface area contributed by atoms with Gasteiger partial charge in [-0.15, -0.1) is 23.2 Å². The fraction of sp³-hybridized carbons (Fsp3) is 0.429. The van der Waals surface area contributed by atoms with Crippen molar-refractivity contribution in [3.63, 3.8) is 0 Å². The minimum atomic E-state index is -1.11. The number of alkyl halides is 2.